The first-order valence-electron chi connectivity index (χ1n) is 19.4. The summed E-state index contributed by atoms with van der Waals surface area (Å²) in [5, 5.41) is 28.8. The van der Waals surface area contributed by atoms with E-state index < -0.39 is 12.1 Å². The summed E-state index contributed by atoms with van der Waals surface area (Å²) in [5.74, 6) is 4.58. The number of esters is 1. The molecule has 2 unspecified atom stereocenters. The van der Waals surface area contributed by atoms with Crippen molar-refractivity contribution >= 4 is 47.3 Å². The molecule has 2 heterocycles. The van der Waals surface area contributed by atoms with E-state index in [9.17, 15) is 29.4 Å². The van der Waals surface area contributed by atoms with Crippen LogP contribution in [0.1, 0.15) is 116 Å². The van der Waals surface area contributed by atoms with Gasteiger partial charge in [-0.3, -0.25) is 19.2 Å². The normalized spacial score (nSPS) is 22.3. The molecule has 4 rings (SSSR count). The van der Waals surface area contributed by atoms with Crippen molar-refractivity contribution in [2.45, 2.75) is 140 Å². The number of ether oxygens (including phenoxy) is 1. The van der Waals surface area contributed by atoms with E-state index in [1.165, 1.54) is 32.8 Å². The molecule has 0 bridgehead atoms. The number of methoxy groups -OCH3 is 1. The van der Waals surface area contributed by atoms with Crippen LogP contribution in [-0.2, 0) is 23.9 Å². The Kier molecular flexibility index (Phi) is 21.3. The number of nitrogens with zero attached hydrogens (tertiary/aromatic N) is 2. The summed E-state index contributed by atoms with van der Waals surface area (Å²) in [6.07, 6.45) is 23.3. The molecule has 2 amide bonds. The van der Waals surface area contributed by atoms with Crippen molar-refractivity contribution in [3.8, 4) is 0 Å². The van der Waals surface area contributed by atoms with E-state index in [-0.39, 0.29) is 42.4 Å². The summed E-state index contributed by atoms with van der Waals surface area (Å²) in [5.41, 5.74) is 0. The lowest BCUT2D eigenvalue weighted by Gasteiger charge is -2.34. The topological polar surface area (TPSA) is 145 Å². The summed E-state index contributed by atoms with van der Waals surface area (Å²) < 4.78 is 4.63. The van der Waals surface area contributed by atoms with E-state index in [1.54, 1.807) is 23.5 Å². The average Bonchev–Trinajstić information content (AvgIpc) is 4.05. The number of carbonyl (C=O) groups excluding carboxylic acids is 3. The first-order chi connectivity index (χ1) is 24.7. The van der Waals surface area contributed by atoms with Gasteiger partial charge in [0.25, 0.3) is 0 Å². The number of rotatable bonds is 24. The van der Waals surface area contributed by atoms with Crippen molar-refractivity contribution < 1.29 is 39.2 Å². The molecular weight excluding hydrogens is 689 g/mol. The van der Waals surface area contributed by atoms with Gasteiger partial charge in [0.05, 0.1) is 31.4 Å². The van der Waals surface area contributed by atoms with Gasteiger partial charge in [-0.25, -0.2) is 0 Å². The Morgan fingerprint density at radius 1 is 0.745 bits per heavy atom. The van der Waals surface area contributed by atoms with E-state index >= 15 is 0 Å². The molecule has 0 aromatic carbocycles. The van der Waals surface area contributed by atoms with Crippen LogP contribution in [0.2, 0.25) is 0 Å². The van der Waals surface area contributed by atoms with Gasteiger partial charge in [0.2, 0.25) is 11.8 Å². The molecule has 4 atom stereocenters. The summed E-state index contributed by atoms with van der Waals surface area (Å²) >= 11 is 3.48. The molecule has 0 spiro atoms. The van der Waals surface area contributed by atoms with Crippen LogP contribution in [0.15, 0.2) is 24.3 Å². The van der Waals surface area contributed by atoms with Crippen LogP contribution >= 0.6 is 23.5 Å². The van der Waals surface area contributed by atoms with Gasteiger partial charge in [-0.15, -0.1) is 0 Å². The maximum atomic E-state index is 12.3. The summed E-state index contributed by atoms with van der Waals surface area (Å²) in [6.45, 7) is 1.43. The van der Waals surface area contributed by atoms with E-state index in [4.69, 9.17) is 5.11 Å². The number of likely N-dealkylation sites (tertiary alicyclic amines) is 2. The molecule has 2 saturated heterocycles. The average molecular weight is 753 g/mol. The van der Waals surface area contributed by atoms with E-state index in [2.05, 4.69) is 4.74 Å². The van der Waals surface area contributed by atoms with Gasteiger partial charge in [-0.05, 0) is 87.5 Å². The number of hydrogen-bond donors (Lipinski definition) is 3. The van der Waals surface area contributed by atoms with Crippen LogP contribution in [-0.4, -0.2) is 116 Å². The molecule has 12 heteroatoms. The number of amides is 2. The van der Waals surface area contributed by atoms with Crippen LogP contribution in [0.25, 0.3) is 0 Å². The number of aliphatic carboxylic acids is 1. The van der Waals surface area contributed by atoms with Crippen molar-refractivity contribution in [1.29, 1.82) is 0 Å². The zero-order valence-corrected chi connectivity index (χ0v) is 32.5. The minimum atomic E-state index is -0.753. The number of thioether (sulfide) groups is 2. The Labute approximate surface area is 314 Å². The van der Waals surface area contributed by atoms with Gasteiger partial charge >= 0.3 is 11.9 Å². The number of piperidine rings is 2. The van der Waals surface area contributed by atoms with Crippen molar-refractivity contribution in [2.75, 3.05) is 43.2 Å². The van der Waals surface area contributed by atoms with Crippen LogP contribution in [0.5, 0.6) is 0 Å². The zero-order valence-electron chi connectivity index (χ0n) is 30.8. The molecule has 2 aliphatic carbocycles. The maximum absolute atomic E-state index is 12.3. The number of aliphatic hydroxyl groups excluding tert-OH is 2. The maximum Gasteiger partial charge on any atom is 0.305 e. The van der Waals surface area contributed by atoms with Gasteiger partial charge in [-0.1, -0.05) is 50.0 Å². The first kappa shape index (κ1) is 43.4. The third-order valence-corrected chi connectivity index (χ3v) is 12.1. The fraction of sp³-hybridized carbons (Fsp3) is 0.795. The van der Waals surface area contributed by atoms with Crippen molar-refractivity contribution in [3.05, 3.63) is 24.3 Å². The summed E-state index contributed by atoms with van der Waals surface area (Å²) in [7, 11) is 1.41. The minimum absolute atomic E-state index is 0.0939. The Morgan fingerprint density at radius 3 is 1.61 bits per heavy atom. The number of carboxylic acids is 1. The van der Waals surface area contributed by atoms with E-state index in [0.29, 0.717) is 32.2 Å². The highest BCUT2D eigenvalue weighted by Crippen LogP contribution is 2.34. The van der Waals surface area contributed by atoms with Gasteiger partial charge in [0, 0.05) is 50.3 Å². The number of aliphatic hydroxyl groups is 2. The minimum Gasteiger partial charge on any atom is -0.481 e. The third-order valence-electron chi connectivity index (χ3n) is 10.00. The third kappa shape index (κ3) is 19.6. The van der Waals surface area contributed by atoms with Crippen LogP contribution in [0.3, 0.4) is 0 Å². The molecule has 4 aliphatic rings. The molecule has 0 aromatic rings. The largest absolute Gasteiger partial charge is 0.481 e. The molecule has 2 saturated carbocycles. The fourth-order valence-corrected chi connectivity index (χ4v) is 8.24. The van der Waals surface area contributed by atoms with Crippen LogP contribution in [0, 0.1) is 11.8 Å². The molecule has 290 valence electrons. The molecule has 2 aliphatic heterocycles. The predicted molar refractivity (Wildman–Crippen MR) is 206 cm³/mol. The molecule has 51 heavy (non-hydrogen) atoms. The van der Waals surface area contributed by atoms with E-state index in [0.717, 1.165) is 99.2 Å². The number of hydrogen-bond acceptors (Lipinski definition) is 9. The lowest BCUT2D eigenvalue weighted by molar-refractivity contribution is -0.140. The van der Waals surface area contributed by atoms with Crippen LogP contribution in [0.4, 0.5) is 0 Å². The molecule has 10 nitrogen and oxygen atoms in total. The highest BCUT2D eigenvalue weighted by Gasteiger charge is 2.28. The summed E-state index contributed by atoms with van der Waals surface area (Å²) in [6, 6.07) is 0.207. The molecule has 3 N–H and O–H groups in total. The van der Waals surface area contributed by atoms with Crippen molar-refractivity contribution in [2.24, 2.45) is 11.8 Å². The van der Waals surface area contributed by atoms with Crippen molar-refractivity contribution in [3.63, 3.8) is 0 Å². The van der Waals surface area contributed by atoms with Gasteiger partial charge in [0.1, 0.15) is 0 Å². The zero-order chi connectivity index (χ0) is 36.8. The van der Waals surface area contributed by atoms with E-state index in [1.807, 2.05) is 34.1 Å². The van der Waals surface area contributed by atoms with Gasteiger partial charge in [-0.2, -0.15) is 23.5 Å². The molecule has 0 radical (unpaired) electrons. The lowest BCUT2D eigenvalue weighted by atomic mass is 10.00. The Bertz CT molecular complexity index is 1110. The Balaban J connectivity index is 0.000000276. The fourth-order valence-electron chi connectivity index (χ4n) is 6.48. The first-order valence-corrected chi connectivity index (χ1v) is 21.7. The second-order valence-corrected chi connectivity index (χ2v) is 16.9. The highest BCUT2D eigenvalue weighted by atomic mass is 32.2. The second-order valence-electron chi connectivity index (χ2n) is 14.4. The quantitative estimate of drug-likeness (QED) is 0.0590. The van der Waals surface area contributed by atoms with Crippen molar-refractivity contribution in [1.82, 2.24) is 9.80 Å². The smallest absolute Gasteiger partial charge is 0.305 e. The SMILES string of the molecule is COC(=O)CCCSCCN1C(=O)CCC[C@@H]1/C=C/C(O)CCC1CC1.O=C(O)CCCSCCN1C(=O)CCC[C@@H]1/C=C/C(O)CCC1CC1. The lowest BCUT2D eigenvalue weighted by Crippen LogP contribution is -2.43. The van der Waals surface area contributed by atoms with Gasteiger partial charge < -0.3 is 29.9 Å². The van der Waals surface area contributed by atoms with Gasteiger partial charge in [0.15, 0.2) is 0 Å². The second kappa shape index (κ2) is 25.1. The number of carboxylic acid groups (broad SMARTS) is 1. The Morgan fingerprint density at radius 2 is 1.20 bits per heavy atom. The number of carbonyl (C=O) groups is 4. The highest BCUT2D eigenvalue weighted by molar-refractivity contribution is 7.99. The monoisotopic (exact) mass is 752 g/mol. The standard InChI is InChI=1S/C20H33NO4S.C19H31NO4S/c1-25-20(24)6-3-14-26-15-13-21-17(4-2-5-19(21)23)10-12-18(22)11-9-16-7-8-16;21-17(10-8-15-6-7-15)11-9-16-3-1-4-18(22)20(16)12-14-25-13-2-5-19(23)24/h10,12,16-18,22H,2-9,11,13-15H2,1H3;9,11,15-17,21H,1-8,10,12-14H2,(H,23,24)/b12-10+;11-9+/t17-,18?;16-,17?/m11/s1. The molecule has 4 fully saturated rings. The molecule has 0 aromatic heterocycles. The summed E-state index contributed by atoms with van der Waals surface area (Å²) in [4.78, 5) is 50.0. The molecular formula is C39H64N2O8S2. The van der Waals surface area contributed by atoms with Crippen LogP contribution < -0.4 is 0 Å². The predicted octanol–water partition coefficient (Wildman–Crippen LogP) is 6.23. The Hall–Kier alpha value is -2.02.